The van der Waals surface area contributed by atoms with Crippen LogP contribution in [0.1, 0.15) is 25.7 Å². The highest BCUT2D eigenvalue weighted by Gasteiger charge is 2.34. The molecule has 14 heavy (non-hydrogen) atoms. The van der Waals surface area contributed by atoms with Gasteiger partial charge in [-0.3, -0.25) is 9.69 Å². The minimum atomic E-state index is 0.439. The second kappa shape index (κ2) is 4.41. The van der Waals surface area contributed by atoms with Gasteiger partial charge in [-0.05, 0) is 18.8 Å². The van der Waals surface area contributed by atoms with Crippen molar-refractivity contribution in [3.63, 3.8) is 0 Å². The molecule has 0 unspecified atom stereocenters. The van der Waals surface area contributed by atoms with Crippen molar-refractivity contribution in [1.29, 1.82) is 0 Å². The SMILES string of the molecule is COCC1CC(N2CCC(=O)CC2)C1. The van der Waals surface area contributed by atoms with E-state index in [1.165, 1.54) is 12.8 Å². The Hall–Kier alpha value is -0.410. The molecule has 0 aromatic carbocycles. The van der Waals surface area contributed by atoms with Crippen molar-refractivity contribution in [2.45, 2.75) is 31.7 Å². The van der Waals surface area contributed by atoms with E-state index in [0.29, 0.717) is 5.78 Å². The van der Waals surface area contributed by atoms with Crippen LogP contribution >= 0.6 is 0 Å². The van der Waals surface area contributed by atoms with Crippen LogP contribution in [0.25, 0.3) is 0 Å². The van der Waals surface area contributed by atoms with Crippen LogP contribution in [0.15, 0.2) is 0 Å². The third-order valence-electron chi connectivity index (χ3n) is 3.49. The molecule has 1 aliphatic carbocycles. The van der Waals surface area contributed by atoms with Gasteiger partial charge in [-0.2, -0.15) is 0 Å². The van der Waals surface area contributed by atoms with Crippen molar-refractivity contribution in [2.75, 3.05) is 26.8 Å². The summed E-state index contributed by atoms with van der Waals surface area (Å²) >= 11 is 0. The second-order valence-corrected chi connectivity index (χ2v) is 4.52. The quantitative estimate of drug-likeness (QED) is 0.678. The number of carbonyl (C=O) groups is 1. The van der Waals surface area contributed by atoms with Crippen molar-refractivity contribution in [1.82, 2.24) is 4.90 Å². The summed E-state index contributed by atoms with van der Waals surface area (Å²) in [4.78, 5) is 13.5. The van der Waals surface area contributed by atoms with E-state index in [1.807, 2.05) is 0 Å². The Labute approximate surface area is 85.4 Å². The fraction of sp³-hybridized carbons (Fsp3) is 0.909. The monoisotopic (exact) mass is 197 g/mol. The summed E-state index contributed by atoms with van der Waals surface area (Å²) in [6.45, 7) is 2.88. The molecule has 3 nitrogen and oxygen atoms in total. The van der Waals surface area contributed by atoms with Gasteiger partial charge in [0.1, 0.15) is 5.78 Å². The zero-order valence-corrected chi connectivity index (χ0v) is 8.87. The average Bonchev–Trinajstić information content (AvgIpc) is 2.13. The molecule has 0 aromatic rings. The molecule has 0 atom stereocenters. The number of hydrogen-bond donors (Lipinski definition) is 0. The molecule has 0 N–H and O–H groups in total. The van der Waals surface area contributed by atoms with Crippen molar-refractivity contribution in [3.8, 4) is 0 Å². The lowest BCUT2D eigenvalue weighted by Crippen LogP contribution is -2.49. The van der Waals surface area contributed by atoms with Crippen LogP contribution in [0.3, 0.4) is 0 Å². The van der Waals surface area contributed by atoms with Crippen molar-refractivity contribution >= 4 is 5.78 Å². The number of methoxy groups -OCH3 is 1. The predicted octanol–water partition coefficient (Wildman–Crippen LogP) is 1.08. The number of ether oxygens (including phenoxy) is 1. The molecule has 1 saturated carbocycles. The number of rotatable bonds is 3. The summed E-state index contributed by atoms with van der Waals surface area (Å²) in [5.74, 6) is 1.21. The number of hydrogen-bond acceptors (Lipinski definition) is 3. The molecule has 2 rings (SSSR count). The van der Waals surface area contributed by atoms with Gasteiger partial charge >= 0.3 is 0 Å². The summed E-state index contributed by atoms with van der Waals surface area (Å²) in [7, 11) is 1.77. The first kappa shape index (κ1) is 10.1. The summed E-state index contributed by atoms with van der Waals surface area (Å²) in [5.41, 5.74) is 0. The van der Waals surface area contributed by atoms with Crippen LogP contribution in [0.4, 0.5) is 0 Å². The van der Waals surface area contributed by atoms with Crippen LogP contribution in [0.2, 0.25) is 0 Å². The Kier molecular flexibility index (Phi) is 3.19. The number of Topliss-reactive ketones (excluding diaryl/α,β-unsaturated/α-hetero) is 1. The molecular formula is C11H19NO2. The molecule has 1 saturated heterocycles. The van der Waals surface area contributed by atoms with Crippen molar-refractivity contribution < 1.29 is 9.53 Å². The molecular weight excluding hydrogens is 178 g/mol. The topological polar surface area (TPSA) is 29.5 Å². The molecule has 1 heterocycles. The normalized spacial score (nSPS) is 34.2. The number of ketones is 1. The van der Waals surface area contributed by atoms with Crippen LogP contribution in [-0.4, -0.2) is 43.5 Å². The average molecular weight is 197 g/mol. The highest BCUT2D eigenvalue weighted by molar-refractivity contribution is 5.79. The Bertz CT molecular complexity index is 201. The van der Waals surface area contributed by atoms with Crippen LogP contribution in [0, 0.1) is 5.92 Å². The molecule has 2 aliphatic rings. The zero-order valence-electron chi connectivity index (χ0n) is 8.87. The molecule has 0 spiro atoms. The van der Waals surface area contributed by atoms with Gasteiger partial charge in [0.25, 0.3) is 0 Å². The number of likely N-dealkylation sites (tertiary alicyclic amines) is 1. The van der Waals surface area contributed by atoms with Crippen LogP contribution in [0.5, 0.6) is 0 Å². The van der Waals surface area contributed by atoms with E-state index in [1.54, 1.807) is 7.11 Å². The third-order valence-corrected chi connectivity index (χ3v) is 3.49. The maximum atomic E-state index is 11.1. The first-order valence-electron chi connectivity index (χ1n) is 5.54. The van der Waals surface area contributed by atoms with Gasteiger partial charge in [-0.1, -0.05) is 0 Å². The minimum absolute atomic E-state index is 0.439. The molecule has 1 aliphatic heterocycles. The molecule has 2 fully saturated rings. The largest absolute Gasteiger partial charge is 0.384 e. The minimum Gasteiger partial charge on any atom is -0.384 e. The first-order valence-corrected chi connectivity index (χ1v) is 5.54. The Morgan fingerprint density at radius 1 is 1.36 bits per heavy atom. The van der Waals surface area contributed by atoms with Crippen molar-refractivity contribution in [3.05, 3.63) is 0 Å². The summed E-state index contributed by atoms with van der Waals surface area (Å²) < 4.78 is 5.13. The van der Waals surface area contributed by atoms with Gasteiger partial charge in [0, 0.05) is 45.7 Å². The zero-order chi connectivity index (χ0) is 9.97. The molecule has 0 amide bonds. The number of carbonyl (C=O) groups excluding carboxylic acids is 1. The fourth-order valence-corrected chi connectivity index (χ4v) is 2.51. The molecule has 0 bridgehead atoms. The first-order chi connectivity index (χ1) is 6.79. The molecule has 0 aromatic heterocycles. The fourth-order valence-electron chi connectivity index (χ4n) is 2.51. The van der Waals surface area contributed by atoms with Gasteiger partial charge in [0.15, 0.2) is 0 Å². The highest BCUT2D eigenvalue weighted by atomic mass is 16.5. The Morgan fingerprint density at radius 2 is 2.00 bits per heavy atom. The summed E-state index contributed by atoms with van der Waals surface area (Å²) in [5, 5.41) is 0. The highest BCUT2D eigenvalue weighted by Crippen LogP contribution is 2.32. The van der Waals surface area contributed by atoms with Gasteiger partial charge in [0.05, 0.1) is 0 Å². The lowest BCUT2D eigenvalue weighted by molar-refractivity contribution is -0.122. The lowest BCUT2D eigenvalue weighted by atomic mass is 9.79. The molecule has 3 heteroatoms. The van der Waals surface area contributed by atoms with E-state index in [-0.39, 0.29) is 0 Å². The van der Waals surface area contributed by atoms with Crippen molar-refractivity contribution in [2.24, 2.45) is 5.92 Å². The number of nitrogens with zero attached hydrogens (tertiary/aromatic N) is 1. The molecule has 0 radical (unpaired) electrons. The van der Waals surface area contributed by atoms with Crippen LogP contribution in [-0.2, 0) is 9.53 Å². The standard InChI is InChI=1S/C11H19NO2/c1-14-8-9-6-10(7-9)12-4-2-11(13)3-5-12/h9-10H,2-8H2,1H3. The maximum Gasteiger partial charge on any atom is 0.135 e. The van der Waals surface area contributed by atoms with Gasteiger partial charge in [0.2, 0.25) is 0 Å². The van der Waals surface area contributed by atoms with Gasteiger partial charge in [-0.15, -0.1) is 0 Å². The van der Waals surface area contributed by atoms with Gasteiger partial charge < -0.3 is 4.74 Å². The van der Waals surface area contributed by atoms with E-state index in [4.69, 9.17) is 4.74 Å². The smallest absolute Gasteiger partial charge is 0.135 e. The Balaban J connectivity index is 1.69. The maximum absolute atomic E-state index is 11.1. The third kappa shape index (κ3) is 2.15. The van der Waals surface area contributed by atoms with Crippen LogP contribution < -0.4 is 0 Å². The predicted molar refractivity (Wildman–Crippen MR) is 54.2 cm³/mol. The second-order valence-electron chi connectivity index (χ2n) is 4.52. The Morgan fingerprint density at radius 3 is 2.57 bits per heavy atom. The molecule has 80 valence electrons. The summed E-state index contributed by atoms with van der Waals surface area (Å²) in [6, 6.07) is 0.739. The van der Waals surface area contributed by atoms with Gasteiger partial charge in [-0.25, -0.2) is 0 Å². The van der Waals surface area contributed by atoms with E-state index >= 15 is 0 Å². The van der Waals surface area contributed by atoms with E-state index < -0.39 is 0 Å². The van der Waals surface area contributed by atoms with E-state index in [9.17, 15) is 4.79 Å². The summed E-state index contributed by atoms with van der Waals surface area (Å²) in [6.07, 6.45) is 4.07. The van der Waals surface area contributed by atoms with E-state index in [0.717, 1.165) is 44.5 Å². The lowest BCUT2D eigenvalue weighted by Gasteiger charge is -2.44. The number of piperidine rings is 1. The van der Waals surface area contributed by atoms with E-state index in [2.05, 4.69) is 4.90 Å².